The van der Waals surface area contributed by atoms with Gasteiger partial charge in [0.15, 0.2) is 0 Å². The molecule has 11 unspecified atom stereocenters. The van der Waals surface area contributed by atoms with Gasteiger partial charge in [-0.1, -0.05) is 110 Å². The Labute approximate surface area is 309 Å². The number of fused-ring (bicyclic) bond motifs is 11. The van der Waals surface area contributed by atoms with Crippen molar-refractivity contribution < 1.29 is 9.47 Å². The second-order valence-electron chi connectivity index (χ2n) is 16.5. The van der Waals surface area contributed by atoms with Gasteiger partial charge in [0.1, 0.15) is 11.9 Å². The Morgan fingerprint density at radius 3 is 2.62 bits per heavy atom. The van der Waals surface area contributed by atoms with E-state index in [0.717, 1.165) is 31.4 Å². The fourth-order valence-electron chi connectivity index (χ4n) is 11.5. The van der Waals surface area contributed by atoms with E-state index in [9.17, 15) is 0 Å². The average Bonchev–Trinajstić information content (AvgIpc) is 3.53. The molecule has 2 saturated heterocycles. The van der Waals surface area contributed by atoms with Crippen LogP contribution in [0.4, 0.5) is 5.69 Å². The fourth-order valence-corrected chi connectivity index (χ4v) is 11.5. The van der Waals surface area contributed by atoms with Crippen LogP contribution in [0.2, 0.25) is 0 Å². The lowest BCUT2D eigenvalue weighted by atomic mass is 9.47. The van der Waals surface area contributed by atoms with Crippen LogP contribution in [-0.4, -0.2) is 24.4 Å². The summed E-state index contributed by atoms with van der Waals surface area (Å²) < 4.78 is 14.2. The molecule has 6 aliphatic carbocycles. The van der Waals surface area contributed by atoms with Crippen molar-refractivity contribution >= 4 is 5.69 Å². The molecule has 3 heterocycles. The molecule has 0 radical (unpaired) electrons. The van der Waals surface area contributed by atoms with Crippen molar-refractivity contribution in [3.05, 3.63) is 161 Å². The van der Waals surface area contributed by atoms with Gasteiger partial charge in [0.2, 0.25) is 0 Å². The lowest BCUT2D eigenvalue weighted by Gasteiger charge is -2.62. The fraction of sp³-hybridized carbons (Fsp3) is 0.417. The molecule has 2 N–H and O–H groups in total. The van der Waals surface area contributed by atoms with Crippen molar-refractivity contribution in [1.82, 2.24) is 0 Å². The molecule has 1 aromatic carbocycles. The summed E-state index contributed by atoms with van der Waals surface area (Å²) in [6.07, 6.45) is 49.4. The summed E-state index contributed by atoms with van der Waals surface area (Å²) in [5.41, 5.74) is 14.2. The third kappa shape index (κ3) is 4.96. The number of rotatable bonds is 5. The Morgan fingerprint density at radius 1 is 0.865 bits per heavy atom. The van der Waals surface area contributed by atoms with E-state index in [-0.39, 0.29) is 41.5 Å². The largest absolute Gasteiger partial charge is 0.486 e. The van der Waals surface area contributed by atoms with Crippen molar-refractivity contribution in [3.63, 3.8) is 0 Å². The Bertz CT molecular complexity index is 1960. The molecule has 1 aromatic rings. The predicted molar refractivity (Wildman–Crippen MR) is 211 cm³/mol. The van der Waals surface area contributed by atoms with Crippen LogP contribution in [0.15, 0.2) is 156 Å². The number of allylic oxidation sites excluding steroid dienone is 13. The monoisotopic (exact) mass is 688 g/mol. The summed E-state index contributed by atoms with van der Waals surface area (Å²) in [7, 11) is 0. The number of para-hydroxylation sites is 1. The normalized spacial score (nSPS) is 38.4. The molecule has 0 bridgehead atoms. The summed E-state index contributed by atoms with van der Waals surface area (Å²) >= 11 is 0. The third-order valence-electron chi connectivity index (χ3n) is 13.9. The van der Waals surface area contributed by atoms with E-state index >= 15 is 0 Å². The van der Waals surface area contributed by atoms with Crippen LogP contribution in [0.5, 0.6) is 0 Å². The van der Waals surface area contributed by atoms with Gasteiger partial charge in [-0.25, -0.2) is 0 Å². The SMILES string of the molecule is CC(C/C=C\N)C1=CC2OC3C=CC=CC3C3(C4=CCCC=C4OC4C=C(C5C=CC6c7ccccc7N(C7=CCCCC7)C6C5)C=CC43)C2C=C1. The average molecular weight is 689 g/mol. The summed E-state index contributed by atoms with van der Waals surface area (Å²) in [6.45, 7) is 2.30. The highest BCUT2D eigenvalue weighted by Gasteiger charge is 2.64. The summed E-state index contributed by atoms with van der Waals surface area (Å²) in [5, 5.41) is 0. The quantitative estimate of drug-likeness (QED) is 0.313. The highest BCUT2D eigenvalue weighted by molar-refractivity contribution is 5.68. The molecule has 4 nitrogen and oxygen atoms in total. The van der Waals surface area contributed by atoms with Crippen LogP contribution >= 0.6 is 0 Å². The zero-order chi connectivity index (χ0) is 34.8. The van der Waals surface area contributed by atoms with Crippen LogP contribution in [0.25, 0.3) is 0 Å². The smallest absolute Gasteiger partial charge is 0.125 e. The summed E-state index contributed by atoms with van der Waals surface area (Å²) in [6, 6.07) is 9.61. The minimum atomic E-state index is -0.188. The lowest BCUT2D eigenvalue weighted by Crippen LogP contribution is -2.62. The molecule has 4 heteroatoms. The third-order valence-corrected chi connectivity index (χ3v) is 13.9. The maximum atomic E-state index is 7.14. The number of anilines is 1. The number of nitrogens with two attached hydrogens (primary N) is 1. The Hall–Kier alpha value is -4.28. The molecule has 0 aromatic heterocycles. The first-order chi connectivity index (χ1) is 25.6. The molecule has 266 valence electrons. The molecule has 2 fully saturated rings. The Morgan fingerprint density at radius 2 is 1.71 bits per heavy atom. The minimum absolute atomic E-state index is 0.00871. The van der Waals surface area contributed by atoms with Gasteiger partial charge >= 0.3 is 0 Å². The van der Waals surface area contributed by atoms with E-state index in [1.165, 1.54) is 59.4 Å². The van der Waals surface area contributed by atoms with Gasteiger partial charge in [-0.05, 0) is 104 Å². The number of hydrogen-bond acceptors (Lipinski definition) is 4. The van der Waals surface area contributed by atoms with Gasteiger partial charge in [-0.2, -0.15) is 0 Å². The van der Waals surface area contributed by atoms with Gasteiger partial charge in [0.05, 0.1) is 12.2 Å². The molecule has 10 rings (SSSR count). The van der Waals surface area contributed by atoms with Crippen molar-refractivity contribution in [2.24, 2.45) is 40.7 Å². The molecule has 0 amide bonds. The second-order valence-corrected chi connectivity index (χ2v) is 16.5. The van der Waals surface area contributed by atoms with E-state index in [4.69, 9.17) is 15.2 Å². The molecule has 0 saturated carbocycles. The van der Waals surface area contributed by atoms with E-state index in [1.54, 1.807) is 6.20 Å². The van der Waals surface area contributed by atoms with E-state index in [2.05, 4.69) is 133 Å². The molecular formula is C48H52N2O2. The molecular weight excluding hydrogens is 637 g/mol. The van der Waals surface area contributed by atoms with Gasteiger partial charge in [-0.15, -0.1) is 0 Å². The van der Waals surface area contributed by atoms with E-state index < -0.39 is 0 Å². The van der Waals surface area contributed by atoms with Crippen LogP contribution in [0.1, 0.15) is 69.8 Å². The van der Waals surface area contributed by atoms with Gasteiger partial charge < -0.3 is 20.1 Å². The van der Waals surface area contributed by atoms with E-state index in [1.807, 2.05) is 0 Å². The maximum Gasteiger partial charge on any atom is 0.125 e. The number of hydrogen-bond donors (Lipinski definition) is 1. The van der Waals surface area contributed by atoms with Gasteiger partial charge in [0.25, 0.3) is 0 Å². The highest BCUT2D eigenvalue weighted by atomic mass is 16.5. The van der Waals surface area contributed by atoms with E-state index in [0.29, 0.717) is 23.8 Å². The molecule has 11 atom stereocenters. The molecule has 1 spiro atoms. The maximum absolute atomic E-state index is 7.14. The summed E-state index contributed by atoms with van der Waals surface area (Å²) in [5.74, 6) is 2.87. The standard InChI is InChI=1S/C48H52N2O2/c1-31(12-11-27-49)32-22-25-40-46(29-32)51-44-19-9-6-16-38(44)48(40)39-17-7-10-20-45(39)52-47-30-34(23-26-41(47)48)33-21-24-37-36-15-5-8-18-42(36)50(43(37)28-33)35-13-3-2-4-14-35/h5-6,8-9,11,13,15-27,29-31,33,37-38,40-41,43-44,46-47H,2-4,7,10,12,14,28,49H2,1H3/b27-11-. The van der Waals surface area contributed by atoms with Crippen molar-refractivity contribution in [2.75, 3.05) is 4.90 Å². The van der Waals surface area contributed by atoms with Gasteiger partial charge in [0, 0.05) is 52.4 Å². The second kappa shape index (κ2) is 13.0. The zero-order valence-corrected chi connectivity index (χ0v) is 30.4. The molecule has 9 aliphatic rings. The zero-order valence-electron chi connectivity index (χ0n) is 30.4. The highest BCUT2D eigenvalue weighted by Crippen LogP contribution is 2.65. The first-order valence-electron chi connectivity index (χ1n) is 20.2. The Balaban J connectivity index is 1.02. The first-order valence-corrected chi connectivity index (χ1v) is 20.2. The van der Waals surface area contributed by atoms with Crippen LogP contribution in [0, 0.1) is 35.0 Å². The lowest BCUT2D eigenvalue weighted by molar-refractivity contribution is -0.151. The van der Waals surface area contributed by atoms with Crippen LogP contribution in [0.3, 0.4) is 0 Å². The van der Waals surface area contributed by atoms with Crippen molar-refractivity contribution in [2.45, 2.75) is 88.6 Å². The van der Waals surface area contributed by atoms with Crippen molar-refractivity contribution in [1.29, 1.82) is 0 Å². The van der Waals surface area contributed by atoms with Crippen LogP contribution in [-0.2, 0) is 9.47 Å². The predicted octanol–water partition coefficient (Wildman–Crippen LogP) is 10.2. The van der Waals surface area contributed by atoms with Gasteiger partial charge in [-0.3, -0.25) is 0 Å². The number of nitrogens with zero attached hydrogens (tertiary/aromatic N) is 1. The first kappa shape index (κ1) is 32.4. The van der Waals surface area contributed by atoms with Crippen LogP contribution < -0.4 is 10.6 Å². The minimum Gasteiger partial charge on any atom is -0.486 e. The Kier molecular flexibility index (Phi) is 8.09. The molecule has 3 aliphatic heterocycles. The summed E-state index contributed by atoms with van der Waals surface area (Å²) in [4.78, 5) is 2.73. The van der Waals surface area contributed by atoms with Crippen molar-refractivity contribution in [3.8, 4) is 0 Å². The topological polar surface area (TPSA) is 47.7 Å². The number of ether oxygens (including phenoxy) is 2. The molecule has 52 heavy (non-hydrogen) atoms. The number of benzene rings is 1.